The lowest BCUT2D eigenvalue weighted by atomic mass is 10.2. The van der Waals surface area contributed by atoms with Gasteiger partial charge in [0.15, 0.2) is 0 Å². The molecule has 0 spiro atoms. The lowest BCUT2D eigenvalue weighted by molar-refractivity contribution is -0.121. The maximum Gasteiger partial charge on any atom is 0.220 e. The van der Waals surface area contributed by atoms with Crippen LogP contribution in [0.3, 0.4) is 0 Å². The van der Waals surface area contributed by atoms with Crippen molar-refractivity contribution in [2.24, 2.45) is 0 Å². The number of rotatable bonds is 6. The number of nitrogens with zero attached hydrogens (tertiary/aromatic N) is 1. The van der Waals surface area contributed by atoms with E-state index in [1.807, 2.05) is 12.4 Å². The maximum absolute atomic E-state index is 11.2. The highest BCUT2D eigenvalue weighted by molar-refractivity contribution is 7.07. The van der Waals surface area contributed by atoms with Gasteiger partial charge in [0.05, 0.1) is 11.2 Å². The highest BCUT2D eigenvalue weighted by atomic mass is 32.1. The van der Waals surface area contributed by atoms with Crippen LogP contribution in [0.5, 0.6) is 0 Å². The number of hydrogen-bond acceptors (Lipinski definition) is 4. The van der Waals surface area contributed by atoms with Crippen LogP contribution in [0.15, 0.2) is 10.9 Å². The SMILES string of the molecule is CNCCNC(=O)CCc1cscn1. The number of likely N-dealkylation sites (N-methyl/N-ethyl adjacent to an activating group) is 1. The van der Waals surface area contributed by atoms with E-state index < -0.39 is 0 Å². The van der Waals surface area contributed by atoms with Crippen LogP contribution >= 0.6 is 11.3 Å². The van der Waals surface area contributed by atoms with Crippen LogP contribution in [-0.2, 0) is 11.2 Å². The predicted octanol–water partition coefficient (Wildman–Crippen LogP) is 0.411. The summed E-state index contributed by atoms with van der Waals surface area (Å²) >= 11 is 1.56. The summed E-state index contributed by atoms with van der Waals surface area (Å²) in [5.41, 5.74) is 2.78. The molecule has 0 saturated heterocycles. The largest absolute Gasteiger partial charge is 0.355 e. The van der Waals surface area contributed by atoms with Crippen molar-refractivity contribution >= 4 is 17.2 Å². The van der Waals surface area contributed by atoms with Gasteiger partial charge in [0, 0.05) is 24.9 Å². The smallest absolute Gasteiger partial charge is 0.220 e. The van der Waals surface area contributed by atoms with Crippen LogP contribution in [0.1, 0.15) is 12.1 Å². The Balaban J connectivity index is 2.09. The van der Waals surface area contributed by atoms with E-state index in [9.17, 15) is 4.79 Å². The molecule has 1 rings (SSSR count). The molecule has 78 valence electrons. The molecule has 0 aliphatic rings. The topological polar surface area (TPSA) is 54.0 Å². The molecule has 0 unspecified atom stereocenters. The molecule has 0 radical (unpaired) electrons. The summed E-state index contributed by atoms with van der Waals surface area (Å²) in [6, 6.07) is 0. The highest BCUT2D eigenvalue weighted by Gasteiger charge is 2.01. The van der Waals surface area contributed by atoms with E-state index in [0.29, 0.717) is 13.0 Å². The first kappa shape index (κ1) is 11.1. The minimum Gasteiger partial charge on any atom is -0.355 e. The van der Waals surface area contributed by atoms with Crippen molar-refractivity contribution in [3.63, 3.8) is 0 Å². The third-order valence-electron chi connectivity index (χ3n) is 1.79. The summed E-state index contributed by atoms with van der Waals surface area (Å²) in [6.07, 6.45) is 1.25. The number of thiazole rings is 1. The zero-order valence-electron chi connectivity index (χ0n) is 8.25. The van der Waals surface area contributed by atoms with Crippen LogP contribution in [0, 0.1) is 0 Å². The molecule has 0 aliphatic heterocycles. The standard InChI is InChI=1S/C9H15N3OS/c1-10-4-5-11-9(13)3-2-8-6-14-7-12-8/h6-7,10H,2-5H2,1H3,(H,11,13). The Morgan fingerprint density at radius 2 is 2.43 bits per heavy atom. The molecule has 0 fully saturated rings. The number of amides is 1. The first-order chi connectivity index (χ1) is 6.83. The molecule has 0 bridgehead atoms. The number of aryl methyl sites for hydroxylation is 1. The monoisotopic (exact) mass is 213 g/mol. The van der Waals surface area contributed by atoms with Crippen molar-refractivity contribution in [1.29, 1.82) is 0 Å². The Morgan fingerprint density at radius 3 is 3.07 bits per heavy atom. The van der Waals surface area contributed by atoms with Gasteiger partial charge in [-0.25, -0.2) is 4.98 Å². The Hall–Kier alpha value is -0.940. The summed E-state index contributed by atoms with van der Waals surface area (Å²) in [5.74, 6) is 0.0910. The van der Waals surface area contributed by atoms with E-state index in [1.165, 1.54) is 0 Å². The molecular formula is C9H15N3OS. The van der Waals surface area contributed by atoms with E-state index in [0.717, 1.165) is 18.7 Å². The van der Waals surface area contributed by atoms with E-state index in [1.54, 1.807) is 16.8 Å². The average molecular weight is 213 g/mol. The van der Waals surface area contributed by atoms with Gasteiger partial charge in [-0.2, -0.15) is 0 Å². The Kier molecular flexibility index (Phi) is 5.17. The summed E-state index contributed by atoms with van der Waals surface area (Å²) < 4.78 is 0. The van der Waals surface area contributed by atoms with Gasteiger partial charge in [-0.15, -0.1) is 11.3 Å². The third-order valence-corrected chi connectivity index (χ3v) is 2.42. The second kappa shape index (κ2) is 6.50. The van der Waals surface area contributed by atoms with Gasteiger partial charge >= 0.3 is 0 Å². The van der Waals surface area contributed by atoms with Gasteiger partial charge in [0.2, 0.25) is 5.91 Å². The van der Waals surface area contributed by atoms with Crippen molar-refractivity contribution < 1.29 is 4.79 Å². The average Bonchev–Trinajstić information content (AvgIpc) is 2.68. The zero-order valence-corrected chi connectivity index (χ0v) is 9.06. The summed E-state index contributed by atoms with van der Waals surface area (Å²) in [6.45, 7) is 1.49. The summed E-state index contributed by atoms with van der Waals surface area (Å²) in [7, 11) is 1.86. The van der Waals surface area contributed by atoms with Crippen LogP contribution in [0.25, 0.3) is 0 Å². The van der Waals surface area contributed by atoms with E-state index in [-0.39, 0.29) is 5.91 Å². The van der Waals surface area contributed by atoms with Gasteiger partial charge in [0.1, 0.15) is 0 Å². The van der Waals surface area contributed by atoms with Crippen molar-refractivity contribution in [2.45, 2.75) is 12.8 Å². The number of nitrogens with one attached hydrogen (secondary N) is 2. The molecule has 1 heterocycles. The van der Waals surface area contributed by atoms with Gasteiger partial charge in [-0.05, 0) is 13.5 Å². The number of hydrogen-bond donors (Lipinski definition) is 2. The normalized spacial score (nSPS) is 10.1. The Labute approximate surface area is 87.7 Å². The molecule has 0 atom stereocenters. The Morgan fingerprint density at radius 1 is 1.57 bits per heavy atom. The first-order valence-corrected chi connectivity index (χ1v) is 5.55. The lowest BCUT2D eigenvalue weighted by Gasteiger charge is -2.03. The van der Waals surface area contributed by atoms with E-state index in [2.05, 4.69) is 15.6 Å². The molecule has 0 saturated carbocycles. The minimum absolute atomic E-state index is 0.0910. The molecule has 0 aromatic carbocycles. The molecule has 0 aliphatic carbocycles. The molecule has 1 amide bonds. The second-order valence-electron chi connectivity index (χ2n) is 2.93. The quantitative estimate of drug-likeness (QED) is 0.673. The first-order valence-electron chi connectivity index (χ1n) is 4.61. The van der Waals surface area contributed by atoms with Gasteiger partial charge in [-0.3, -0.25) is 4.79 Å². The second-order valence-corrected chi connectivity index (χ2v) is 3.65. The summed E-state index contributed by atoms with van der Waals surface area (Å²) in [5, 5.41) is 7.76. The molecule has 4 nitrogen and oxygen atoms in total. The number of carbonyl (C=O) groups is 1. The van der Waals surface area contributed by atoms with Crippen molar-refractivity contribution in [3.05, 3.63) is 16.6 Å². The lowest BCUT2D eigenvalue weighted by Crippen LogP contribution is -2.30. The van der Waals surface area contributed by atoms with Crippen LogP contribution in [0.2, 0.25) is 0 Å². The molecular weight excluding hydrogens is 198 g/mol. The fraction of sp³-hybridized carbons (Fsp3) is 0.556. The predicted molar refractivity (Wildman–Crippen MR) is 57.4 cm³/mol. The van der Waals surface area contributed by atoms with E-state index in [4.69, 9.17) is 0 Å². The van der Waals surface area contributed by atoms with Gasteiger partial charge in [-0.1, -0.05) is 0 Å². The fourth-order valence-electron chi connectivity index (χ4n) is 1.02. The molecule has 1 aromatic rings. The number of aromatic nitrogens is 1. The number of carbonyl (C=O) groups excluding carboxylic acids is 1. The molecule has 5 heteroatoms. The van der Waals surface area contributed by atoms with Crippen LogP contribution in [0.4, 0.5) is 0 Å². The van der Waals surface area contributed by atoms with Gasteiger partial charge < -0.3 is 10.6 Å². The highest BCUT2D eigenvalue weighted by Crippen LogP contribution is 2.03. The van der Waals surface area contributed by atoms with Crippen molar-refractivity contribution in [3.8, 4) is 0 Å². The van der Waals surface area contributed by atoms with E-state index >= 15 is 0 Å². The van der Waals surface area contributed by atoms with Crippen molar-refractivity contribution in [1.82, 2.24) is 15.6 Å². The van der Waals surface area contributed by atoms with Crippen molar-refractivity contribution in [2.75, 3.05) is 20.1 Å². The van der Waals surface area contributed by atoms with Crippen LogP contribution < -0.4 is 10.6 Å². The molecule has 1 aromatic heterocycles. The van der Waals surface area contributed by atoms with Crippen LogP contribution in [-0.4, -0.2) is 31.0 Å². The minimum atomic E-state index is 0.0910. The van der Waals surface area contributed by atoms with Gasteiger partial charge in [0.25, 0.3) is 0 Å². The maximum atomic E-state index is 11.2. The summed E-state index contributed by atoms with van der Waals surface area (Å²) in [4.78, 5) is 15.4. The third kappa shape index (κ3) is 4.34. The zero-order chi connectivity index (χ0) is 10.2. The molecule has 2 N–H and O–H groups in total. The fourth-order valence-corrected chi connectivity index (χ4v) is 1.61. The molecule has 14 heavy (non-hydrogen) atoms. The Bertz CT molecular complexity index is 261.